The van der Waals surface area contributed by atoms with Gasteiger partial charge < -0.3 is 20.4 Å². The molecule has 3 aromatic rings. The van der Waals surface area contributed by atoms with Gasteiger partial charge in [0.15, 0.2) is 0 Å². The molecule has 1 fully saturated rings. The highest BCUT2D eigenvalue weighted by molar-refractivity contribution is 8.00. The van der Waals surface area contributed by atoms with Gasteiger partial charge in [-0.05, 0) is 67.1 Å². The first-order valence-corrected chi connectivity index (χ1v) is 13.3. The predicted molar refractivity (Wildman–Crippen MR) is 145 cm³/mol. The van der Waals surface area contributed by atoms with Crippen LogP contribution in [0.4, 0.5) is 5.69 Å². The first-order chi connectivity index (χ1) is 18.3. The largest absolute Gasteiger partial charge is 0.478 e. The molecule has 9 heteroatoms. The van der Waals surface area contributed by atoms with Crippen molar-refractivity contribution in [3.8, 4) is 0 Å². The molecule has 0 spiro atoms. The average Bonchev–Trinajstić information content (AvgIpc) is 2.92. The van der Waals surface area contributed by atoms with Gasteiger partial charge in [0.1, 0.15) is 0 Å². The lowest BCUT2D eigenvalue weighted by Crippen LogP contribution is -2.39. The standard InChI is InChI=1S/C29H28N2O6S/c32-26(31-13-11-20(12-14-31)15-19-5-2-1-3-6-19)18-38-23-8-4-7-22(17-23)30-27(33)24-10-9-21(28(34)35)16-25(24)29(36)37/h1-10,16-17,20H,11-15,18H2,(H,30,33)(H,34,35)(H,36,37). The maximum absolute atomic E-state index is 12.8. The van der Waals surface area contributed by atoms with E-state index in [9.17, 15) is 24.3 Å². The number of amides is 2. The van der Waals surface area contributed by atoms with E-state index in [1.807, 2.05) is 17.0 Å². The summed E-state index contributed by atoms with van der Waals surface area (Å²) in [6.07, 6.45) is 3.00. The number of nitrogens with zero attached hydrogens (tertiary/aromatic N) is 1. The number of likely N-dealkylation sites (tertiary alicyclic amines) is 1. The molecule has 1 saturated heterocycles. The quantitative estimate of drug-likeness (QED) is 0.335. The molecule has 1 heterocycles. The number of aromatic carboxylic acids is 2. The lowest BCUT2D eigenvalue weighted by molar-refractivity contribution is -0.129. The van der Waals surface area contributed by atoms with Crippen LogP contribution in [0.1, 0.15) is 49.5 Å². The van der Waals surface area contributed by atoms with E-state index >= 15 is 0 Å². The van der Waals surface area contributed by atoms with Gasteiger partial charge in [-0.15, -0.1) is 11.8 Å². The number of hydrogen-bond donors (Lipinski definition) is 3. The van der Waals surface area contributed by atoms with Crippen molar-refractivity contribution in [2.75, 3.05) is 24.2 Å². The van der Waals surface area contributed by atoms with Crippen LogP contribution in [-0.2, 0) is 11.2 Å². The maximum Gasteiger partial charge on any atom is 0.336 e. The van der Waals surface area contributed by atoms with E-state index in [0.29, 0.717) is 11.6 Å². The minimum Gasteiger partial charge on any atom is -0.478 e. The molecule has 0 saturated carbocycles. The Balaban J connectivity index is 1.30. The number of carboxylic acids is 2. The highest BCUT2D eigenvalue weighted by atomic mass is 32.2. The molecule has 4 rings (SSSR count). The first kappa shape index (κ1) is 26.9. The van der Waals surface area contributed by atoms with Gasteiger partial charge in [-0.1, -0.05) is 36.4 Å². The molecule has 0 atom stereocenters. The number of piperidine rings is 1. The molecule has 0 aromatic heterocycles. The van der Waals surface area contributed by atoms with Crippen molar-refractivity contribution in [1.29, 1.82) is 0 Å². The SMILES string of the molecule is O=C(O)c1ccc(C(=O)Nc2cccc(SCC(=O)N3CCC(Cc4ccccc4)CC3)c2)c(C(=O)O)c1. The van der Waals surface area contributed by atoms with E-state index in [1.54, 1.807) is 18.2 Å². The highest BCUT2D eigenvalue weighted by Gasteiger charge is 2.23. The molecule has 0 aliphatic carbocycles. The fourth-order valence-electron chi connectivity index (χ4n) is 4.48. The summed E-state index contributed by atoms with van der Waals surface area (Å²) in [7, 11) is 0. The van der Waals surface area contributed by atoms with Gasteiger partial charge >= 0.3 is 11.9 Å². The summed E-state index contributed by atoms with van der Waals surface area (Å²) in [5.74, 6) is -2.42. The third kappa shape index (κ3) is 7.01. The minimum atomic E-state index is -1.40. The smallest absolute Gasteiger partial charge is 0.336 e. The van der Waals surface area contributed by atoms with Crippen molar-refractivity contribution in [2.24, 2.45) is 5.92 Å². The molecular formula is C29H28N2O6S. The molecule has 2 amide bonds. The van der Waals surface area contributed by atoms with Crippen LogP contribution in [0.3, 0.4) is 0 Å². The van der Waals surface area contributed by atoms with Crippen molar-refractivity contribution in [1.82, 2.24) is 4.90 Å². The van der Waals surface area contributed by atoms with Crippen LogP contribution in [0, 0.1) is 5.92 Å². The Hall–Kier alpha value is -4.11. The summed E-state index contributed by atoms with van der Waals surface area (Å²) in [5.41, 5.74) is 1.00. The van der Waals surface area contributed by atoms with Gasteiger partial charge in [-0.3, -0.25) is 9.59 Å². The number of carbonyl (C=O) groups is 4. The Bertz CT molecular complexity index is 1340. The molecule has 0 bridgehead atoms. The van der Waals surface area contributed by atoms with Crippen molar-refractivity contribution in [3.63, 3.8) is 0 Å². The first-order valence-electron chi connectivity index (χ1n) is 12.3. The third-order valence-electron chi connectivity index (χ3n) is 6.53. The maximum atomic E-state index is 12.8. The zero-order valence-corrected chi connectivity index (χ0v) is 21.4. The zero-order chi connectivity index (χ0) is 27.1. The summed E-state index contributed by atoms with van der Waals surface area (Å²) in [6, 6.07) is 20.7. The van der Waals surface area contributed by atoms with Crippen molar-refractivity contribution >= 4 is 41.2 Å². The van der Waals surface area contributed by atoms with Gasteiger partial charge in [-0.2, -0.15) is 0 Å². The van der Waals surface area contributed by atoms with E-state index in [2.05, 4.69) is 29.6 Å². The van der Waals surface area contributed by atoms with Crippen LogP contribution in [-0.4, -0.2) is 57.7 Å². The van der Waals surface area contributed by atoms with Crippen LogP contribution in [0.2, 0.25) is 0 Å². The van der Waals surface area contributed by atoms with Gasteiger partial charge in [0.05, 0.1) is 22.4 Å². The summed E-state index contributed by atoms with van der Waals surface area (Å²) in [4.78, 5) is 51.0. The predicted octanol–water partition coefficient (Wildman–Crippen LogP) is 4.91. The molecule has 0 radical (unpaired) electrons. The monoisotopic (exact) mass is 532 g/mol. The number of nitrogens with one attached hydrogen (secondary N) is 1. The number of anilines is 1. The number of carbonyl (C=O) groups excluding carboxylic acids is 2. The fourth-order valence-corrected chi connectivity index (χ4v) is 5.34. The topological polar surface area (TPSA) is 124 Å². The van der Waals surface area contributed by atoms with Gasteiger partial charge in [-0.25, -0.2) is 9.59 Å². The van der Waals surface area contributed by atoms with Gasteiger partial charge in [0.2, 0.25) is 5.91 Å². The number of hydrogen-bond acceptors (Lipinski definition) is 5. The Morgan fingerprint density at radius 1 is 0.842 bits per heavy atom. The van der Waals surface area contributed by atoms with E-state index in [-0.39, 0.29) is 22.8 Å². The molecule has 3 aromatic carbocycles. The van der Waals surface area contributed by atoms with E-state index < -0.39 is 23.4 Å². The van der Waals surface area contributed by atoms with Crippen LogP contribution >= 0.6 is 11.8 Å². The van der Waals surface area contributed by atoms with Crippen LogP contribution in [0.5, 0.6) is 0 Å². The van der Waals surface area contributed by atoms with Gasteiger partial charge in [0, 0.05) is 23.7 Å². The number of rotatable bonds is 9. The Morgan fingerprint density at radius 2 is 1.58 bits per heavy atom. The summed E-state index contributed by atoms with van der Waals surface area (Å²) < 4.78 is 0. The molecule has 3 N–H and O–H groups in total. The van der Waals surface area contributed by atoms with Crippen molar-refractivity contribution < 1.29 is 29.4 Å². The molecule has 196 valence electrons. The average molecular weight is 533 g/mol. The van der Waals surface area contributed by atoms with Crippen molar-refractivity contribution in [3.05, 3.63) is 95.1 Å². The van der Waals surface area contributed by atoms with Crippen LogP contribution in [0.25, 0.3) is 0 Å². The number of carboxylic acid groups (broad SMARTS) is 2. The fraction of sp³-hybridized carbons (Fsp3) is 0.241. The Labute approximate surface area is 224 Å². The second kappa shape index (κ2) is 12.4. The van der Waals surface area contributed by atoms with Gasteiger partial charge in [0.25, 0.3) is 5.91 Å². The lowest BCUT2D eigenvalue weighted by atomic mass is 9.90. The molecule has 8 nitrogen and oxygen atoms in total. The van der Waals surface area contributed by atoms with Crippen molar-refractivity contribution in [2.45, 2.75) is 24.2 Å². The second-order valence-corrected chi connectivity index (χ2v) is 10.2. The van der Waals surface area contributed by atoms with Crippen LogP contribution < -0.4 is 5.32 Å². The summed E-state index contributed by atoms with van der Waals surface area (Å²) in [6.45, 7) is 1.50. The van der Waals surface area contributed by atoms with E-state index in [1.165, 1.54) is 29.5 Å². The number of thioether (sulfide) groups is 1. The summed E-state index contributed by atoms with van der Waals surface area (Å²) >= 11 is 1.37. The zero-order valence-electron chi connectivity index (χ0n) is 20.6. The van der Waals surface area contributed by atoms with E-state index in [0.717, 1.165) is 43.3 Å². The Morgan fingerprint density at radius 3 is 2.26 bits per heavy atom. The number of benzene rings is 3. The van der Waals surface area contributed by atoms with E-state index in [4.69, 9.17) is 5.11 Å². The van der Waals surface area contributed by atoms with Crippen LogP contribution in [0.15, 0.2) is 77.7 Å². The minimum absolute atomic E-state index is 0.0761. The molecule has 1 aliphatic rings. The third-order valence-corrected chi connectivity index (χ3v) is 7.51. The molecule has 0 unspecified atom stereocenters. The second-order valence-electron chi connectivity index (χ2n) is 9.16. The molecule has 1 aliphatic heterocycles. The summed E-state index contributed by atoms with van der Waals surface area (Å²) in [5, 5.41) is 21.2. The lowest BCUT2D eigenvalue weighted by Gasteiger charge is -2.32. The molecular weight excluding hydrogens is 504 g/mol. The Kier molecular flexibility index (Phi) is 8.81. The highest BCUT2D eigenvalue weighted by Crippen LogP contribution is 2.25. The normalized spacial score (nSPS) is 13.6. The molecule has 38 heavy (non-hydrogen) atoms.